The lowest BCUT2D eigenvalue weighted by Crippen LogP contribution is -2.51. The lowest BCUT2D eigenvalue weighted by Gasteiger charge is -2.30. The van der Waals surface area contributed by atoms with E-state index in [1.807, 2.05) is 0 Å². The first-order valence-electron chi connectivity index (χ1n) is 5.63. The number of hydrogen-bond acceptors (Lipinski definition) is 4. The van der Waals surface area contributed by atoms with E-state index in [1.54, 1.807) is 20.8 Å². The zero-order valence-electron chi connectivity index (χ0n) is 10.4. The van der Waals surface area contributed by atoms with Crippen LogP contribution >= 0.6 is 0 Å². The summed E-state index contributed by atoms with van der Waals surface area (Å²) in [6, 6.07) is -0.531. The van der Waals surface area contributed by atoms with Crippen LogP contribution < -0.4 is 5.32 Å². The number of aliphatic carboxylic acids is 1. The van der Waals surface area contributed by atoms with Crippen molar-refractivity contribution < 1.29 is 24.2 Å². The zero-order chi connectivity index (χ0) is 13.1. The second-order valence-electron chi connectivity index (χ2n) is 5.02. The number of hydrogen-bond donors (Lipinski definition) is 2. The molecule has 0 saturated carbocycles. The van der Waals surface area contributed by atoms with Gasteiger partial charge in [-0.25, -0.2) is 9.59 Å². The Morgan fingerprint density at radius 1 is 1.41 bits per heavy atom. The summed E-state index contributed by atoms with van der Waals surface area (Å²) in [5.74, 6) is -1.06. The second kappa shape index (κ2) is 5.35. The van der Waals surface area contributed by atoms with E-state index in [0.29, 0.717) is 13.0 Å². The van der Waals surface area contributed by atoms with E-state index in [4.69, 9.17) is 14.6 Å². The number of alkyl carbamates (subject to hydrolysis) is 1. The third-order valence-electron chi connectivity index (χ3n) is 2.27. The lowest BCUT2D eigenvalue weighted by atomic mass is 10.0. The Bertz CT molecular complexity index is 297. The molecule has 0 bridgehead atoms. The van der Waals surface area contributed by atoms with Gasteiger partial charge in [0.2, 0.25) is 0 Å². The predicted octanol–water partition coefficient (Wildman–Crippen LogP) is 1.14. The molecular weight excluding hydrogens is 226 g/mol. The summed E-state index contributed by atoms with van der Waals surface area (Å²) in [6.45, 7) is 5.65. The molecule has 1 aliphatic heterocycles. The zero-order valence-corrected chi connectivity index (χ0v) is 10.4. The molecule has 17 heavy (non-hydrogen) atoms. The minimum absolute atomic E-state index is 0.406. The summed E-state index contributed by atoms with van der Waals surface area (Å²) in [7, 11) is 0. The monoisotopic (exact) mass is 245 g/mol. The Morgan fingerprint density at radius 3 is 2.59 bits per heavy atom. The first kappa shape index (κ1) is 13.8. The van der Waals surface area contributed by atoms with Crippen LogP contribution in [0.5, 0.6) is 0 Å². The van der Waals surface area contributed by atoms with Gasteiger partial charge in [-0.15, -0.1) is 0 Å². The average molecular weight is 245 g/mol. The standard InChI is InChI=1S/C11H19NO5/c1-11(2,3)17-10(15)12-7-5-4-6-16-8(7)9(13)14/h7-8H,4-6H2,1-3H3,(H,12,15)(H,13,14)/t7-,8+/m1/s1. The highest BCUT2D eigenvalue weighted by Crippen LogP contribution is 2.15. The molecule has 0 aromatic rings. The maximum Gasteiger partial charge on any atom is 0.407 e. The third-order valence-corrected chi connectivity index (χ3v) is 2.27. The van der Waals surface area contributed by atoms with Crippen LogP contribution in [0.3, 0.4) is 0 Å². The Kier molecular flexibility index (Phi) is 4.34. The number of rotatable bonds is 2. The molecule has 0 unspecified atom stereocenters. The van der Waals surface area contributed by atoms with Crippen molar-refractivity contribution >= 4 is 12.1 Å². The number of carbonyl (C=O) groups is 2. The molecular formula is C11H19NO5. The molecule has 0 aromatic heterocycles. The van der Waals surface area contributed by atoms with Gasteiger partial charge in [0.1, 0.15) is 5.60 Å². The molecule has 0 aliphatic carbocycles. The van der Waals surface area contributed by atoms with Gasteiger partial charge in [-0.2, -0.15) is 0 Å². The van der Waals surface area contributed by atoms with Gasteiger partial charge in [-0.05, 0) is 33.6 Å². The molecule has 1 saturated heterocycles. The Morgan fingerprint density at radius 2 is 2.06 bits per heavy atom. The highest BCUT2D eigenvalue weighted by molar-refractivity contribution is 5.75. The largest absolute Gasteiger partial charge is 0.479 e. The van der Waals surface area contributed by atoms with Crippen LogP contribution in [0.1, 0.15) is 33.6 Å². The van der Waals surface area contributed by atoms with Crippen LogP contribution in [-0.4, -0.2) is 41.5 Å². The molecule has 0 spiro atoms. The minimum atomic E-state index is -1.06. The van der Waals surface area contributed by atoms with Crippen LogP contribution in [0.4, 0.5) is 4.79 Å². The van der Waals surface area contributed by atoms with E-state index in [2.05, 4.69) is 5.32 Å². The predicted molar refractivity (Wildman–Crippen MR) is 59.8 cm³/mol. The van der Waals surface area contributed by atoms with Crippen molar-refractivity contribution in [2.45, 2.75) is 51.4 Å². The van der Waals surface area contributed by atoms with Gasteiger partial charge in [-0.3, -0.25) is 0 Å². The Labute approximate surface area is 100 Å². The maximum atomic E-state index is 11.5. The first-order valence-corrected chi connectivity index (χ1v) is 5.63. The Hall–Kier alpha value is -1.30. The van der Waals surface area contributed by atoms with Gasteiger partial charge >= 0.3 is 12.1 Å². The van der Waals surface area contributed by atoms with Crippen LogP contribution in [0.25, 0.3) is 0 Å². The summed E-state index contributed by atoms with van der Waals surface area (Å²) < 4.78 is 10.2. The van der Waals surface area contributed by atoms with Gasteiger partial charge in [-0.1, -0.05) is 0 Å². The molecule has 6 nitrogen and oxygen atoms in total. The van der Waals surface area contributed by atoms with E-state index in [-0.39, 0.29) is 0 Å². The van der Waals surface area contributed by atoms with Crippen molar-refractivity contribution in [2.75, 3.05) is 6.61 Å². The van der Waals surface area contributed by atoms with Crippen molar-refractivity contribution in [3.8, 4) is 0 Å². The molecule has 1 rings (SSSR count). The van der Waals surface area contributed by atoms with Gasteiger partial charge in [0.15, 0.2) is 6.10 Å². The average Bonchev–Trinajstić information content (AvgIpc) is 2.14. The van der Waals surface area contributed by atoms with Crippen molar-refractivity contribution in [2.24, 2.45) is 0 Å². The number of nitrogens with one attached hydrogen (secondary N) is 1. The van der Waals surface area contributed by atoms with E-state index < -0.39 is 29.8 Å². The maximum absolute atomic E-state index is 11.5. The number of ether oxygens (including phenoxy) is 2. The van der Waals surface area contributed by atoms with Gasteiger partial charge in [0, 0.05) is 6.61 Å². The van der Waals surface area contributed by atoms with E-state index in [1.165, 1.54) is 0 Å². The quantitative estimate of drug-likeness (QED) is 0.762. The summed E-state index contributed by atoms with van der Waals surface area (Å²) >= 11 is 0. The van der Waals surface area contributed by atoms with Crippen LogP contribution in [-0.2, 0) is 14.3 Å². The molecule has 1 aliphatic rings. The number of amides is 1. The normalized spacial score (nSPS) is 25.1. The van der Waals surface area contributed by atoms with Crippen LogP contribution in [0.2, 0.25) is 0 Å². The minimum Gasteiger partial charge on any atom is -0.479 e. The molecule has 2 N–H and O–H groups in total. The van der Waals surface area contributed by atoms with Crippen molar-refractivity contribution in [1.82, 2.24) is 5.32 Å². The van der Waals surface area contributed by atoms with Gasteiger partial charge < -0.3 is 19.9 Å². The van der Waals surface area contributed by atoms with Crippen molar-refractivity contribution in [1.29, 1.82) is 0 Å². The summed E-state index contributed by atoms with van der Waals surface area (Å²) in [6.07, 6.45) is -0.295. The molecule has 0 aromatic carbocycles. The number of carboxylic acid groups (broad SMARTS) is 1. The van der Waals surface area contributed by atoms with E-state index in [9.17, 15) is 9.59 Å². The second-order valence-corrected chi connectivity index (χ2v) is 5.02. The van der Waals surface area contributed by atoms with Crippen LogP contribution in [0, 0.1) is 0 Å². The first-order chi connectivity index (χ1) is 7.79. The molecule has 1 amide bonds. The van der Waals surface area contributed by atoms with Crippen LogP contribution in [0.15, 0.2) is 0 Å². The molecule has 98 valence electrons. The SMILES string of the molecule is CC(C)(C)OC(=O)N[C@@H]1CCCO[C@@H]1C(=O)O. The van der Waals surface area contributed by atoms with E-state index >= 15 is 0 Å². The fourth-order valence-electron chi connectivity index (χ4n) is 1.63. The molecule has 1 heterocycles. The molecule has 6 heteroatoms. The third kappa shape index (κ3) is 4.60. The fraction of sp³-hybridized carbons (Fsp3) is 0.818. The fourth-order valence-corrected chi connectivity index (χ4v) is 1.63. The number of carbonyl (C=O) groups excluding carboxylic acids is 1. The summed E-state index contributed by atoms with van der Waals surface area (Å²) in [4.78, 5) is 22.4. The Balaban J connectivity index is 2.53. The number of carboxylic acids is 1. The molecule has 2 atom stereocenters. The van der Waals surface area contributed by atoms with Crippen molar-refractivity contribution in [3.05, 3.63) is 0 Å². The smallest absolute Gasteiger partial charge is 0.407 e. The van der Waals surface area contributed by atoms with Gasteiger partial charge in [0.25, 0.3) is 0 Å². The molecule has 0 radical (unpaired) electrons. The van der Waals surface area contributed by atoms with Crippen molar-refractivity contribution in [3.63, 3.8) is 0 Å². The highest BCUT2D eigenvalue weighted by atomic mass is 16.6. The topological polar surface area (TPSA) is 84.9 Å². The van der Waals surface area contributed by atoms with E-state index in [0.717, 1.165) is 6.42 Å². The summed E-state index contributed by atoms with van der Waals surface area (Å²) in [5, 5.41) is 11.5. The lowest BCUT2D eigenvalue weighted by molar-refractivity contribution is -0.155. The van der Waals surface area contributed by atoms with Gasteiger partial charge in [0.05, 0.1) is 6.04 Å². The highest BCUT2D eigenvalue weighted by Gasteiger charge is 2.34. The summed E-state index contributed by atoms with van der Waals surface area (Å²) in [5.41, 5.74) is -0.599. The molecule has 1 fully saturated rings.